The van der Waals surface area contributed by atoms with Gasteiger partial charge >= 0.3 is 99.7 Å². The molecule has 0 atom stereocenters. The third-order valence-electron chi connectivity index (χ3n) is 4.20. The van der Waals surface area contributed by atoms with E-state index in [1.54, 1.807) is 25.7 Å². The fraction of sp³-hybridized carbons (Fsp3) is 0.857. The molecule has 2 aliphatic carbocycles. The predicted octanol–water partition coefficient (Wildman–Crippen LogP) is 4.88. The molecule has 1 heteroatoms. The average molecular weight is 268 g/mol. The van der Waals surface area contributed by atoms with E-state index < -0.39 is 14.7 Å². The summed E-state index contributed by atoms with van der Waals surface area (Å²) in [5.74, 6) is 0. The van der Waals surface area contributed by atoms with Crippen LogP contribution in [0.3, 0.4) is 0 Å². The molecule has 0 aromatic rings. The van der Waals surface area contributed by atoms with Crippen LogP contribution in [0.5, 0.6) is 0 Å². The summed E-state index contributed by atoms with van der Waals surface area (Å²) in [5.41, 5.74) is 0. The van der Waals surface area contributed by atoms with E-state index in [0.29, 0.717) is 0 Å². The third-order valence-corrected chi connectivity index (χ3v) is 10.8. The summed E-state index contributed by atoms with van der Waals surface area (Å²) in [6, 6.07) is 0. The SMILES string of the molecule is C=C[As](C1CCCCC1)C1CCCCC1. The van der Waals surface area contributed by atoms with Crippen molar-refractivity contribution in [3.05, 3.63) is 11.4 Å². The minimum absolute atomic E-state index is 0.685. The Morgan fingerprint density at radius 1 is 0.733 bits per heavy atom. The molecule has 0 bridgehead atoms. The Morgan fingerprint density at radius 3 is 1.47 bits per heavy atom. The van der Waals surface area contributed by atoms with Crippen molar-refractivity contribution in [1.29, 1.82) is 0 Å². The van der Waals surface area contributed by atoms with Crippen LogP contribution in [-0.2, 0) is 0 Å². The summed E-state index contributed by atoms with van der Waals surface area (Å²) in [6.45, 7) is 4.18. The monoisotopic (exact) mass is 268 g/mol. The second kappa shape index (κ2) is 6.14. The van der Waals surface area contributed by atoms with Crippen LogP contribution >= 0.6 is 0 Å². The molecule has 0 heterocycles. The van der Waals surface area contributed by atoms with Crippen LogP contribution in [0.2, 0.25) is 9.41 Å². The molecule has 0 amide bonds. The Labute approximate surface area is 99.8 Å². The Morgan fingerprint density at radius 2 is 1.13 bits per heavy atom. The van der Waals surface area contributed by atoms with Crippen LogP contribution in [0, 0.1) is 0 Å². The Balaban J connectivity index is 1.91. The molecule has 86 valence electrons. The van der Waals surface area contributed by atoms with Gasteiger partial charge in [-0.3, -0.25) is 0 Å². The van der Waals surface area contributed by atoms with Crippen molar-refractivity contribution in [3.63, 3.8) is 0 Å². The van der Waals surface area contributed by atoms with Gasteiger partial charge in [0.1, 0.15) is 0 Å². The summed E-state index contributed by atoms with van der Waals surface area (Å²) in [6.07, 6.45) is 15.2. The van der Waals surface area contributed by atoms with Gasteiger partial charge in [0.15, 0.2) is 0 Å². The summed E-state index contributed by atoms with van der Waals surface area (Å²) >= 11 is -0.685. The first kappa shape index (κ1) is 11.8. The van der Waals surface area contributed by atoms with Gasteiger partial charge in [0.25, 0.3) is 0 Å². The normalized spacial score (nSPS) is 25.7. The predicted molar refractivity (Wildman–Crippen MR) is 69.6 cm³/mol. The van der Waals surface area contributed by atoms with Gasteiger partial charge in [0.2, 0.25) is 0 Å². The van der Waals surface area contributed by atoms with Crippen molar-refractivity contribution in [2.45, 2.75) is 73.6 Å². The van der Waals surface area contributed by atoms with E-state index in [-0.39, 0.29) is 0 Å². The van der Waals surface area contributed by atoms with Crippen LogP contribution < -0.4 is 0 Å². The van der Waals surface area contributed by atoms with Crippen LogP contribution in [0.25, 0.3) is 0 Å². The second-order valence-corrected chi connectivity index (χ2v) is 10.9. The molecular weight excluding hydrogens is 243 g/mol. The summed E-state index contributed by atoms with van der Waals surface area (Å²) in [4.78, 5) is 2.44. The van der Waals surface area contributed by atoms with Gasteiger partial charge in [0, 0.05) is 0 Å². The minimum atomic E-state index is -0.685. The van der Waals surface area contributed by atoms with Crippen molar-refractivity contribution in [3.8, 4) is 0 Å². The average Bonchev–Trinajstić information content (AvgIpc) is 2.33. The molecule has 0 N–H and O–H groups in total. The van der Waals surface area contributed by atoms with Crippen molar-refractivity contribution in [2.24, 2.45) is 0 Å². The zero-order valence-corrected chi connectivity index (χ0v) is 11.8. The van der Waals surface area contributed by atoms with Gasteiger partial charge in [-0.25, -0.2) is 0 Å². The molecule has 0 nitrogen and oxygen atoms in total. The first-order valence-corrected chi connectivity index (χ1v) is 10.1. The molecule has 2 aliphatic rings. The Bertz CT molecular complexity index is 170. The maximum atomic E-state index is 4.18. The molecule has 2 saturated carbocycles. The van der Waals surface area contributed by atoms with E-state index in [4.69, 9.17) is 0 Å². The van der Waals surface area contributed by atoms with Crippen molar-refractivity contribution >= 4 is 14.7 Å². The Hall–Kier alpha value is 0.298. The maximum absolute atomic E-state index is 4.18. The number of hydrogen-bond acceptors (Lipinski definition) is 0. The molecule has 0 aromatic carbocycles. The van der Waals surface area contributed by atoms with Gasteiger partial charge < -0.3 is 0 Å². The van der Waals surface area contributed by atoms with Gasteiger partial charge in [0.05, 0.1) is 0 Å². The van der Waals surface area contributed by atoms with Crippen molar-refractivity contribution in [2.75, 3.05) is 0 Å². The molecule has 0 unspecified atom stereocenters. The van der Waals surface area contributed by atoms with Crippen molar-refractivity contribution in [1.82, 2.24) is 0 Å². The molecule has 2 rings (SSSR count). The van der Waals surface area contributed by atoms with E-state index in [1.165, 1.54) is 38.5 Å². The van der Waals surface area contributed by atoms with Crippen molar-refractivity contribution < 1.29 is 0 Å². The molecule has 0 aromatic heterocycles. The zero-order chi connectivity index (χ0) is 10.5. The number of hydrogen-bond donors (Lipinski definition) is 0. The fourth-order valence-corrected chi connectivity index (χ4v) is 9.89. The standard InChI is InChI=1S/C14H25As/c1-2-15(13-9-5-3-6-10-13)14-11-7-4-8-12-14/h2,13-14H,1,3-12H2. The topological polar surface area (TPSA) is 0 Å². The summed E-state index contributed by atoms with van der Waals surface area (Å²) < 4.78 is 2.26. The molecule has 0 saturated heterocycles. The molecule has 0 aliphatic heterocycles. The molecule has 0 radical (unpaired) electrons. The molecule has 0 spiro atoms. The zero-order valence-electron chi connectivity index (χ0n) is 9.96. The summed E-state index contributed by atoms with van der Waals surface area (Å²) in [5, 5.41) is 0. The summed E-state index contributed by atoms with van der Waals surface area (Å²) in [7, 11) is 0. The first-order chi connectivity index (χ1) is 7.42. The Kier molecular flexibility index (Phi) is 4.82. The van der Waals surface area contributed by atoms with E-state index >= 15 is 0 Å². The van der Waals surface area contributed by atoms with E-state index in [9.17, 15) is 0 Å². The molecular formula is C14H25As. The second-order valence-electron chi connectivity index (χ2n) is 5.21. The van der Waals surface area contributed by atoms with Gasteiger partial charge in [-0.05, 0) is 0 Å². The quantitative estimate of drug-likeness (QED) is 0.640. The van der Waals surface area contributed by atoms with E-state index in [1.807, 2.05) is 0 Å². The van der Waals surface area contributed by atoms with Crippen LogP contribution in [-0.4, -0.2) is 14.7 Å². The molecule has 2 fully saturated rings. The van der Waals surface area contributed by atoms with Gasteiger partial charge in [-0.1, -0.05) is 0 Å². The van der Waals surface area contributed by atoms with Crippen LogP contribution in [0.4, 0.5) is 0 Å². The van der Waals surface area contributed by atoms with Crippen LogP contribution in [0.1, 0.15) is 64.2 Å². The van der Waals surface area contributed by atoms with Gasteiger partial charge in [-0.2, -0.15) is 0 Å². The number of rotatable bonds is 3. The fourth-order valence-electron chi connectivity index (χ4n) is 3.35. The third kappa shape index (κ3) is 3.13. The van der Waals surface area contributed by atoms with E-state index in [0.717, 1.165) is 9.41 Å². The van der Waals surface area contributed by atoms with E-state index in [2.05, 4.69) is 11.4 Å². The molecule has 15 heavy (non-hydrogen) atoms. The first-order valence-electron chi connectivity index (χ1n) is 6.82. The van der Waals surface area contributed by atoms with Gasteiger partial charge in [-0.15, -0.1) is 0 Å². The van der Waals surface area contributed by atoms with Crippen LogP contribution in [0.15, 0.2) is 11.4 Å².